The molecule has 2 rings (SSSR count). The van der Waals surface area contributed by atoms with E-state index in [1.807, 2.05) is 19.1 Å². The van der Waals surface area contributed by atoms with Gasteiger partial charge in [-0.05, 0) is 51.3 Å². The second-order valence-corrected chi connectivity index (χ2v) is 6.82. The number of carbonyl (C=O) groups excluding carboxylic acids is 1. The predicted octanol–water partition coefficient (Wildman–Crippen LogP) is 3.49. The Morgan fingerprint density at radius 3 is 2.65 bits per heavy atom. The van der Waals surface area contributed by atoms with Gasteiger partial charge in [-0.15, -0.1) is 0 Å². The highest BCUT2D eigenvalue weighted by molar-refractivity contribution is 6.30. The highest BCUT2D eigenvalue weighted by atomic mass is 35.5. The highest BCUT2D eigenvalue weighted by Gasteiger charge is 2.25. The Bertz CT molecular complexity index is 513. The second-order valence-electron chi connectivity index (χ2n) is 6.38. The van der Waals surface area contributed by atoms with Crippen LogP contribution in [0.3, 0.4) is 0 Å². The molecule has 0 aromatic heterocycles. The number of amides is 1. The Morgan fingerprint density at radius 2 is 2.09 bits per heavy atom. The molecule has 0 saturated carbocycles. The molecule has 0 spiro atoms. The first-order chi connectivity index (χ1) is 11.0. The van der Waals surface area contributed by atoms with Crippen molar-refractivity contribution in [3.63, 3.8) is 0 Å². The van der Waals surface area contributed by atoms with Crippen LogP contribution in [-0.4, -0.2) is 42.1 Å². The lowest BCUT2D eigenvalue weighted by Crippen LogP contribution is -2.49. The first-order valence-electron chi connectivity index (χ1n) is 8.46. The van der Waals surface area contributed by atoms with Crippen LogP contribution in [0.4, 0.5) is 0 Å². The summed E-state index contributed by atoms with van der Waals surface area (Å²) in [5.74, 6) is 0.601. The molecule has 1 atom stereocenters. The van der Waals surface area contributed by atoms with Gasteiger partial charge in [0.05, 0.1) is 0 Å². The summed E-state index contributed by atoms with van der Waals surface area (Å²) in [5, 5.41) is 3.75. The Kier molecular flexibility index (Phi) is 6.72. The molecule has 128 valence electrons. The Hall–Kier alpha value is -1.26. The molecule has 0 unspecified atom stereocenters. The number of rotatable bonds is 6. The number of carbonyl (C=O) groups is 1. The van der Waals surface area contributed by atoms with E-state index in [9.17, 15) is 4.79 Å². The third-order valence-corrected chi connectivity index (χ3v) is 4.58. The van der Waals surface area contributed by atoms with E-state index in [4.69, 9.17) is 16.3 Å². The molecule has 1 heterocycles. The largest absolute Gasteiger partial charge is 0.481 e. The maximum absolute atomic E-state index is 12.5. The highest BCUT2D eigenvalue weighted by Crippen LogP contribution is 2.19. The van der Waals surface area contributed by atoms with Gasteiger partial charge in [0.1, 0.15) is 5.75 Å². The van der Waals surface area contributed by atoms with E-state index in [1.54, 1.807) is 12.1 Å². The van der Waals surface area contributed by atoms with Crippen molar-refractivity contribution >= 4 is 17.5 Å². The molecule has 1 amide bonds. The third-order valence-electron chi connectivity index (χ3n) is 4.34. The number of nitrogens with zero attached hydrogens (tertiary/aromatic N) is 1. The van der Waals surface area contributed by atoms with Gasteiger partial charge in [-0.1, -0.05) is 24.6 Å². The van der Waals surface area contributed by atoms with Crippen molar-refractivity contribution in [2.45, 2.75) is 58.2 Å². The molecule has 1 saturated heterocycles. The summed E-state index contributed by atoms with van der Waals surface area (Å²) in [7, 11) is 0. The minimum absolute atomic E-state index is 0.0320. The molecule has 1 N–H and O–H groups in total. The predicted molar refractivity (Wildman–Crippen MR) is 94.0 cm³/mol. The first-order valence-corrected chi connectivity index (χ1v) is 8.84. The third kappa shape index (κ3) is 5.40. The van der Waals surface area contributed by atoms with Crippen LogP contribution in [0.15, 0.2) is 24.3 Å². The van der Waals surface area contributed by atoms with Crippen molar-refractivity contribution in [3.8, 4) is 5.75 Å². The average Bonchev–Trinajstić information content (AvgIpc) is 2.53. The van der Waals surface area contributed by atoms with Crippen LogP contribution in [-0.2, 0) is 4.79 Å². The standard InChI is InChI=1S/C18H27ClN2O2/c1-4-17(23-16-7-5-6-14(19)12-16)18(22)20-15-8-10-21(11-9-15)13(2)3/h5-7,12-13,15,17H,4,8-11H2,1-3H3,(H,20,22)/t17-/m0/s1. The molecule has 0 radical (unpaired) electrons. The average molecular weight is 339 g/mol. The topological polar surface area (TPSA) is 41.6 Å². The van der Waals surface area contributed by atoms with Crippen molar-refractivity contribution in [3.05, 3.63) is 29.3 Å². The number of likely N-dealkylation sites (tertiary alicyclic amines) is 1. The van der Waals surface area contributed by atoms with E-state index in [1.165, 1.54) is 0 Å². The summed E-state index contributed by atoms with van der Waals surface area (Å²) in [6.45, 7) is 8.45. The number of piperidine rings is 1. The van der Waals surface area contributed by atoms with Crippen LogP contribution in [0, 0.1) is 0 Å². The molecular formula is C18H27ClN2O2. The van der Waals surface area contributed by atoms with Gasteiger partial charge >= 0.3 is 0 Å². The summed E-state index contributed by atoms with van der Waals surface area (Å²) in [5.41, 5.74) is 0. The van der Waals surface area contributed by atoms with Crippen LogP contribution in [0.1, 0.15) is 40.0 Å². The van der Waals surface area contributed by atoms with Crippen LogP contribution >= 0.6 is 11.6 Å². The van der Waals surface area contributed by atoms with Crippen molar-refractivity contribution in [1.82, 2.24) is 10.2 Å². The smallest absolute Gasteiger partial charge is 0.261 e. The molecule has 5 heteroatoms. The van der Waals surface area contributed by atoms with Crippen LogP contribution in [0.2, 0.25) is 5.02 Å². The molecule has 1 aliphatic rings. The number of ether oxygens (including phenoxy) is 1. The van der Waals surface area contributed by atoms with E-state index in [0.29, 0.717) is 23.2 Å². The Morgan fingerprint density at radius 1 is 1.39 bits per heavy atom. The maximum Gasteiger partial charge on any atom is 0.261 e. The van der Waals surface area contributed by atoms with E-state index < -0.39 is 6.10 Å². The van der Waals surface area contributed by atoms with Crippen molar-refractivity contribution in [2.75, 3.05) is 13.1 Å². The lowest BCUT2D eigenvalue weighted by molar-refractivity contribution is -0.129. The van der Waals surface area contributed by atoms with Gasteiger partial charge in [-0.3, -0.25) is 4.79 Å². The molecule has 4 nitrogen and oxygen atoms in total. The van der Waals surface area contributed by atoms with Crippen molar-refractivity contribution in [2.24, 2.45) is 0 Å². The zero-order valence-electron chi connectivity index (χ0n) is 14.2. The lowest BCUT2D eigenvalue weighted by atomic mass is 10.0. The summed E-state index contributed by atoms with van der Waals surface area (Å²) in [6.07, 6.45) is 2.15. The first kappa shape index (κ1) is 18.1. The molecule has 0 aliphatic carbocycles. The molecule has 1 fully saturated rings. The summed E-state index contributed by atoms with van der Waals surface area (Å²) < 4.78 is 5.80. The van der Waals surface area contributed by atoms with Crippen LogP contribution in [0.25, 0.3) is 0 Å². The molecule has 0 bridgehead atoms. The summed E-state index contributed by atoms with van der Waals surface area (Å²) >= 11 is 5.96. The van der Waals surface area contributed by atoms with Gasteiger partial charge in [0.2, 0.25) is 0 Å². The van der Waals surface area contributed by atoms with E-state index in [0.717, 1.165) is 25.9 Å². The number of hydrogen-bond acceptors (Lipinski definition) is 3. The Balaban J connectivity index is 1.86. The molecule has 1 aliphatic heterocycles. The zero-order chi connectivity index (χ0) is 16.8. The van der Waals surface area contributed by atoms with Gasteiger partial charge in [-0.2, -0.15) is 0 Å². The zero-order valence-corrected chi connectivity index (χ0v) is 15.0. The number of nitrogens with one attached hydrogen (secondary N) is 1. The molecule has 1 aromatic rings. The van der Waals surface area contributed by atoms with Gasteiger partial charge in [-0.25, -0.2) is 0 Å². The number of benzene rings is 1. The monoisotopic (exact) mass is 338 g/mol. The van der Waals surface area contributed by atoms with Crippen molar-refractivity contribution in [1.29, 1.82) is 0 Å². The van der Waals surface area contributed by atoms with Crippen LogP contribution in [0.5, 0.6) is 5.75 Å². The SMILES string of the molecule is CC[C@H](Oc1cccc(Cl)c1)C(=O)NC1CCN(C(C)C)CC1. The minimum Gasteiger partial charge on any atom is -0.481 e. The quantitative estimate of drug-likeness (QED) is 0.863. The normalized spacial score (nSPS) is 18.0. The summed E-state index contributed by atoms with van der Waals surface area (Å²) in [4.78, 5) is 14.9. The minimum atomic E-state index is -0.475. The maximum atomic E-state index is 12.5. The van der Waals surface area contributed by atoms with E-state index in [-0.39, 0.29) is 11.9 Å². The van der Waals surface area contributed by atoms with Gasteiger partial charge in [0, 0.05) is 30.2 Å². The van der Waals surface area contributed by atoms with E-state index in [2.05, 4.69) is 24.1 Å². The number of hydrogen-bond donors (Lipinski definition) is 1. The molecular weight excluding hydrogens is 312 g/mol. The van der Waals surface area contributed by atoms with Crippen molar-refractivity contribution < 1.29 is 9.53 Å². The fraction of sp³-hybridized carbons (Fsp3) is 0.611. The Labute approximate surface area is 144 Å². The van der Waals surface area contributed by atoms with E-state index >= 15 is 0 Å². The molecule has 23 heavy (non-hydrogen) atoms. The van der Waals surface area contributed by atoms with Gasteiger partial charge in [0.15, 0.2) is 6.10 Å². The second kappa shape index (κ2) is 8.55. The van der Waals surface area contributed by atoms with Gasteiger partial charge < -0.3 is 15.0 Å². The van der Waals surface area contributed by atoms with Gasteiger partial charge in [0.25, 0.3) is 5.91 Å². The summed E-state index contributed by atoms with van der Waals surface area (Å²) in [6, 6.07) is 7.99. The van der Waals surface area contributed by atoms with Crippen LogP contribution < -0.4 is 10.1 Å². The molecule has 1 aromatic carbocycles. The lowest BCUT2D eigenvalue weighted by Gasteiger charge is -2.35. The fourth-order valence-electron chi connectivity index (χ4n) is 2.88. The number of halogens is 1. The fourth-order valence-corrected chi connectivity index (χ4v) is 3.06.